The van der Waals surface area contributed by atoms with Gasteiger partial charge in [0.25, 0.3) is 11.8 Å². The maximum Gasteiger partial charge on any atom is 0.255 e. The van der Waals surface area contributed by atoms with Crippen molar-refractivity contribution in [3.8, 4) is 0 Å². The van der Waals surface area contributed by atoms with Gasteiger partial charge in [-0.2, -0.15) is 0 Å². The smallest absolute Gasteiger partial charge is 0.255 e. The van der Waals surface area contributed by atoms with Crippen molar-refractivity contribution in [2.24, 2.45) is 0 Å². The lowest BCUT2D eigenvalue weighted by Gasteiger charge is -2.35. The Bertz CT molecular complexity index is 865. The summed E-state index contributed by atoms with van der Waals surface area (Å²) in [4.78, 5) is 29.9. The third kappa shape index (κ3) is 4.86. The molecule has 7 heteroatoms. The largest absolute Gasteiger partial charge is 0.335 e. The summed E-state index contributed by atoms with van der Waals surface area (Å²) in [5.74, 6) is -0.755. The molecule has 28 heavy (non-hydrogen) atoms. The number of carbonyl (C=O) groups is 2. The number of thioether (sulfide) groups is 1. The number of halogens is 2. The van der Waals surface area contributed by atoms with Gasteiger partial charge in [0.05, 0.1) is 10.6 Å². The molecule has 2 aromatic rings. The summed E-state index contributed by atoms with van der Waals surface area (Å²) in [6, 6.07) is 11.4. The summed E-state index contributed by atoms with van der Waals surface area (Å²) in [5, 5.41) is 0.588. The second-order valence-corrected chi connectivity index (χ2v) is 8.96. The number of hydrogen-bond acceptors (Lipinski definition) is 3. The van der Waals surface area contributed by atoms with Crippen LogP contribution in [0, 0.1) is 5.82 Å². The molecule has 0 bridgehead atoms. The maximum atomic E-state index is 13.2. The Morgan fingerprint density at radius 2 is 1.54 bits per heavy atom. The van der Waals surface area contributed by atoms with Crippen molar-refractivity contribution in [1.82, 2.24) is 9.80 Å². The first-order valence-corrected chi connectivity index (χ1v) is 10.4. The Hall–Kier alpha value is -2.05. The van der Waals surface area contributed by atoms with Gasteiger partial charge in [0.15, 0.2) is 0 Å². The molecule has 1 fully saturated rings. The molecular weight excluding hydrogens is 399 g/mol. The van der Waals surface area contributed by atoms with Crippen LogP contribution in [-0.4, -0.2) is 53.0 Å². The van der Waals surface area contributed by atoms with E-state index < -0.39 is 5.82 Å². The van der Waals surface area contributed by atoms with Crippen LogP contribution in [0.15, 0.2) is 47.4 Å². The van der Waals surface area contributed by atoms with Crippen LogP contribution < -0.4 is 0 Å². The van der Waals surface area contributed by atoms with Crippen LogP contribution in [0.3, 0.4) is 0 Å². The highest BCUT2D eigenvalue weighted by Gasteiger charge is 2.26. The second kappa shape index (κ2) is 8.97. The monoisotopic (exact) mass is 420 g/mol. The number of amides is 2. The number of piperazine rings is 1. The van der Waals surface area contributed by atoms with E-state index in [1.807, 2.05) is 24.3 Å². The number of rotatable bonds is 4. The van der Waals surface area contributed by atoms with E-state index in [1.54, 1.807) is 21.6 Å². The van der Waals surface area contributed by atoms with Crippen molar-refractivity contribution in [2.75, 3.05) is 26.2 Å². The average Bonchev–Trinajstić information content (AvgIpc) is 2.67. The minimum Gasteiger partial charge on any atom is -0.335 e. The van der Waals surface area contributed by atoms with Crippen LogP contribution in [0.25, 0.3) is 0 Å². The predicted octanol–water partition coefficient (Wildman–Crippen LogP) is 4.58. The van der Waals surface area contributed by atoms with Gasteiger partial charge in [-0.1, -0.05) is 25.4 Å². The van der Waals surface area contributed by atoms with Crippen LogP contribution in [0.5, 0.6) is 0 Å². The summed E-state index contributed by atoms with van der Waals surface area (Å²) >= 11 is 7.75. The Morgan fingerprint density at radius 3 is 2.07 bits per heavy atom. The van der Waals surface area contributed by atoms with Gasteiger partial charge < -0.3 is 9.80 Å². The molecule has 1 heterocycles. The normalized spacial score (nSPS) is 14.5. The molecular formula is C21H22ClFN2O2S. The highest BCUT2D eigenvalue weighted by molar-refractivity contribution is 7.99. The lowest BCUT2D eigenvalue weighted by molar-refractivity contribution is 0.0535. The van der Waals surface area contributed by atoms with Gasteiger partial charge in [0, 0.05) is 41.9 Å². The fraction of sp³-hybridized carbons (Fsp3) is 0.333. The molecule has 0 aromatic heterocycles. The van der Waals surface area contributed by atoms with E-state index in [9.17, 15) is 14.0 Å². The van der Waals surface area contributed by atoms with E-state index >= 15 is 0 Å². The van der Waals surface area contributed by atoms with Gasteiger partial charge in [-0.25, -0.2) is 4.39 Å². The van der Waals surface area contributed by atoms with Gasteiger partial charge in [0.2, 0.25) is 0 Å². The Labute approximate surface area is 173 Å². The molecule has 0 N–H and O–H groups in total. The van der Waals surface area contributed by atoms with Gasteiger partial charge in [0.1, 0.15) is 5.82 Å². The van der Waals surface area contributed by atoms with Gasteiger partial charge in [-0.15, -0.1) is 11.8 Å². The highest BCUT2D eigenvalue weighted by atomic mass is 35.5. The van der Waals surface area contributed by atoms with E-state index in [1.165, 1.54) is 12.1 Å². The highest BCUT2D eigenvalue weighted by Crippen LogP contribution is 2.24. The zero-order valence-corrected chi connectivity index (χ0v) is 17.4. The molecule has 2 amide bonds. The molecule has 1 aliphatic heterocycles. The summed E-state index contributed by atoms with van der Waals surface area (Å²) < 4.78 is 13.2. The molecule has 4 nitrogen and oxygen atoms in total. The molecule has 0 aliphatic carbocycles. The first-order valence-electron chi connectivity index (χ1n) is 9.15. The summed E-state index contributed by atoms with van der Waals surface area (Å²) in [6.45, 7) is 5.99. The standard InChI is InChI=1S/C21H22ClFN2O2S/c1-14(2)28-17-6-3-15(4-7-17)20(26)24-9-11-25(12-10-24)21(27)18-8-5-16(23)13-19(18)22/h3-8,13-14H,9-12H2,1-2H3. The summed E-state index contributed by atoms with van der Waals surface area (Å²) in [6.07, 6.45) is 0. The van der Waals surface area contributed by atoms with Crippen LogP contribution in [0.2, 0.25) is 5.02 Å². The van der Waals surface area contributed by atoms with Crippen LogP contribution in [-0.2, 0) is 0 Å². The van der Waals surface area contributed by atoms with Gasteiger partial charge in [-0.3, -0.25) is 9.59 Å². The number of benzene rings is 2. The van der Waals surface area contributed by atoms with Crippen molar-refractivity contribution in [3.63, 3.8) is 0 Å². The molecule has 1 saturated heterocycles. The molecule has 0 unspecified atom stereocenters. The van der Waals surface area contributed by atoms with Gasteiger partial charge in [-0.05, 0) is 42.5 Å². The Balaban J connectivity index is 1.60. The molecule has 2 aromatic carbocycles. The number of hydrogen-bond donors (Lipinski definition) is 0. The Kier molecular flexibility index (Phi) is 6.62. The van der Waals surface area contributed by atoms with Gasteiger partial charge >= 0.3 is 0 Å². The fourth-order valence-corrected chi connectivity index (χ4v) is 4.16. The van der Waals surface area contributed by atoms with E-state index in [4.69, 9.17) is 11.6 Å². The molecule has 3 rings (SSSR count). The van der Waals surface area contributed by atoms with Crippen LogP contribution in [0.4, 0.5) is 4.39 Å². The first-order chi connectivity index (χ1) is 13.3. The molecule has 0 saturated carbocycles. The predicted molar refractivity (Wildman–Crippen MR) is 111 cm³/mol. The second-order valence-electron chi connectivity index (χ2n) is 6.90. The average molecular weight is 421 g/mol. The topological polar surface area (TPSA) is 40.6 Å². The van der Waals surface area contributed by atoms with E-state index in [-0.39, 0.29) is 22.4 Å². The van der Waals surface area contributed by atoms with Crippen LogP contribution >= 0.6 is 23.4 Å². The fourth-order valence-electron chi connectivity index (χ4n) is 3.08. The number of nitrogens with zero attached hydrogens (tertiary/aromatic N) is 2. The summed E-state index contributed by atoms with van der Waals surface area (Å²) in [7, 11) is 0. The molecule has 1 aliphatic rings. The zero-order chi connectivity index (χ0) is 20.3. The maximum absolute atomic E-state index is 13.2. The molecule has 0 radical (unpaired) electrons. The lowest BCUT2D eigenvalue weighted by atomic mass is 10.1. The first kappa shape index (κ1) is 20.7. The van der Waals surface area contributed by atoms with Crippen molar-refractivity contribution >= 4 is 35.2 Å². The quantitative estimate of drug-likeness (QED) is 0.680. The van der Waals surface area contributed by atoms with E-state index in [0.29, 0.717) is 37.0 Å². The summed E-state index contributed by atoms with van der Waals surface area (Å²) in [5.41, 5.74) is 0.926. The van der Waals surface area contributed by atoms with Crippen LogP contribution in [0.1, 0.15) is 34.6 Å². The number of carbonyl (C=O) groups excluding carboxylic acids is 2. The Morgan fingerprint density at radius 1 is 0.964 bits per heavy atom. The third-order valence-electron chi connectivity index (χ3n) is 4.49. The minimum absolute atomic E-state index is 0.0342. The molecule has 148 valence electrons. The van der Waals surface area contributed by atoms with E-state index in [2.05, 4.69) is 13.8 Å². The zero-order valence-electron chi connectivity index (χ0n) is 15.8. The van der Waals surface area contributed by atoms with Crippen molar-refractivity contribution < 1.29 is 14.0 Å². The van der Waals surface area contributed by atoms with E-state index in [0.717, 1.165) is 11.0 Å². The SMILES string of the molecule is CC(C)Sc1ccc(C(=O)N2CCN(C(=O)c3ccc(F)cc3Cl)CC2)cc1. The molecule has 0 spiro atoms. The van der Waals surface area contributed by atoms with Crippen molar-refractivity contribution in [2.45, 2.75) is 24.0 Å². The molecule has 0 atom stereocenters. The van der Waals surface area contributed by atoms with Crippen molar-refractivity contribution in [3.05, 3.63) is 64.4 Å². The third-order valence-corrected chi connectivity index (χ3v) is 5.82. The minimum atomic E-state index is -0.477. The van der Waals surface area contributed by atoms with Crippen molar-refractivity contribution in [1.29, 1.82) is 0 Å². The lowest BCUT2D eigenvalue weighted by Crippen LogP contribution is -2.50.